The summed E-state index contributed by atoms with van der Waals surface area (Å²) in [5.41, 5.74) is 2.16. The summed E-state index contributed by atoms with van der Waals surface area (Å²) < 4.78 is 1.84. The second-order valence-corrected chi connectivity index (χ2v) is 4.55. The summed E-state index contributed by atoms with van der Waals surface area (Å²) >= 11 is 0. The molecular formula is C15H12N4O3. The number of nitrogens with zero attached hydrogens (tertiary/aromatic N) is 3. The molecule has 0 fully saturated rings. The summed E-state index contributed by atoms with van der Waals surface area (Å²) in [4.78, 5) is 30.8. The van der Waals surface area contributed by atoms with Crippen LogP contribution in [-0.4, -0.2) is 38.1 Å². The number of fused-ring (bicyclic) bond motifs is 1. The first-order valence-electron chi connectivity index (χ1n) is 6.54. The van der Waals surface area contributed by atoms with Crippen molar-refractivity contribution in [2.24, 2.45) is 0 Å². The number of carbonyl (C=O) groups is 2. The molecule has 2 N–H and O–H groups in total. The van der Waals surface area contributed by atoms with Gasteiger partial charge in [-0.2, -0.15) is 0 Å². The maximum Gasteiger partial charge on any atom is 0.322 e. The van der Waals surface area contributed by atoms with Crippen LogP contribution in [0.25, 0.3) is 16.7 Å². The van der Waals surface area contributed by atoms with Crippen molar-refractivity contribution in [3.63, 3.8) is 0 Å². The lowest BCUT2D eigenvalue weighted by atomic mass is 10.2. The summed E-state index contributed by atoms with van der Waals surface area (Å²) in [6, 6.07) is 11.3. The molecule has 3 aromatic rings. The van der Waals surface area contributed by atoms with E-state index in [9.17, 15) is 9.59 Å². The molecule has 0 radical (unpaired) electrons. The van der Waals surface area contributed by atoms with E-state index >= 15 is 0 Å². The number of benzene rings is 1. The van der Waals surface area contributed by atoms with Crippen LogP contribution < -0.4 is 5.32 Å². The molecule has 1 aromatic carbocycles. The quantitative estimate of drug-likeness (QED) is 0.755. The number of hydrogen-bond donors (Lipinski definition) is 2. The minimum atomic E-state index is -1.12. The molecule has 0 aliphatic rings. The van der Waals surface area contributed by atoms with Gasteiger partial charge in [-0.1, -0.05) is 18.2 Å². The Morgan fingerprint density at radius 3 is 2.64 bits per heavy atom. The van der Waals surface area contributed by atoms with Crippen LogP contribution in [-0.2, 0) is 4.79 Å². The lowest BCUT2D eigenvalue weighted by Gasteiger charge is -2.05. The Morgan fingerprint density at radius 1 is 1.14 bits per heavy atom. The third-order valence-corrected chi connectivity index (χ3v) is 3.11. The van der Waals surface area contributed by atoms with Crippen molar-refractivity contribution in [2.45, 2.75) is 0 Å². The van der Waals surface area contributed by atoms with Crippen molar-refractivity contribution in [3.8, 4) is 5.69 Å². The molecule has 0 unspecified atom stereocenters. The number of para-hydroxylation sites is 1. The predicted octanol–water partition coefficient (Wildman–Crippen LogP) is 1.23. The van der Waals surface area contributed by atoms with Gasteiger partial charge >= 0.3 is 5.97 Å². The van der Waals surface area contributed by atoms with Crippen LogP contribution in [0.15, 0.2) is 48.9 Å². The highest BCUT2D eigenvalue weighted by atomic mass is 16.4. The van der Waals surface area contributed by atoms with Gasteiger partial charge in [0.25, 0.3) is 5.91 Å². The van der Waals surface area contributed by atoms with Crippen molar-refractivity contribution in [1.82, 2.24) is 19.9 Å². The van der Waals surface area contributed by atoms with Crippen molar-refractivity contribution >= 4 is 22.9 Å². The molecule has 7 heteroatoms. The van der Waals surface area contributed by atoms with Crippen LogP contribution in [0.4, 0.5) is 0 Å². The van der Waals surface area contributed by atoms with E-state index in [2.05, 4.69) is 15.3 Å². The number of aromatic nitrogens is 3. The molecule has 0 saturated carbocycles. The van der Waals surface area contributed by atoms with Crippen LogP contribution in [0.1, 0.15) is 10.5 Å². The van der Waals surface area contributed by atoms with Gasteiger partial charge in [0, 0.05) is 11.9 Å². The number of imidazole rings is 1. The van der Waals surface area contributed by atoms with Crippen LogP contribution >= 0.6 is 0 Å². The van der Waals surface area contributed by atoms with Crippen molar-refractivity contribution in [1.29, 1.82) is 0 Å². The summed E-state index contributed by atoms with van der Waals surface area (Å²) in [5, 5.41) is 10.9. The van der Waals surface area contributed by atoms with Gasteiger partial charge in [-0.25, -0.2) is 9.97 Å². The van der Waals surface area contributed by atoms with Gasteiger partial charge in [-0.05, 0) is 18.2 Å². The number of aliphatic carboxylic acids is 1. The third kappa shape index (κ3) is 2.51. The largest absolute Gasteiger partial charge is 0.480 e. The number of rotatable bonds is 4. The average molecular weight is 296 g/mol. The van der Waals surface area contributed by atoms with Gasteiger partial charge in [0.15, 0.2) is 5.69 Å². The normalized spacial score (nSPS) is 10.5. The van der Waals surface area contributed by atoms with E-state index in [4.69, 9.17) is 5.11 Å². The van der Waals surface area contributed by atoms with E-state index in [1.54, 1.807) is 12.4 Å². The second kappa shape index (κ2) is 5.65. The van der Waals surface area contributed by atoms with Gasteiger partial charge < -0.3 is 10.4 Å². The molecule has 7 nitrogen and oxygen atoms in total. The van der Waals surface area contributed by atoms with Gasteiger partial charge in [-0.3, -0.25) is 14.2 Å². The molecule has 22 heavy (non-hydrogen) atoms. The van der Waals surface area contributed by atoms with Crippen molar-refractivity contribution in [2.75, 3.05) is 6.54 Å². The topological polar surface area (TPSA) is 97.1 Å². The molecule has 1 amide bonds. The molecule has 0 bridgehead atoms. The van der Waals surface area contributed by atoms with E-state index < -0.39 is 18.4 Å². The number of nitrogens with one attached hydrogen (secondary N) is 1. The summed E-state index contributed by atoms with van der Waals surface area (Å²) in [6.07, 6.45) is 3.11. The zero-order valence-corrected chi connectivity index (χ0v) is 11.4. The molecule has 0 atom stereocenters. The Labute approximate surface area is 125 Å². The smallest absolute Gasteiger partial charge is 0.322 e. The van der Waals surface area contributed by atoms with E-state index in [1.807, 2.05) is 34.9 Å². The first kappa shape index (κ1) is 13.7. The van der Waals surface area contributed by atoms with Crippen LogP contribution in [0.5, 0.6) is 0 Å². The van der Waals surface area contributed by atoms with E-state index in [1.165, 1.54) is 6.20 Å². The minimum Gasteiger partial charge on any atom is -0.480 e. The number of carboxylic acid groups (broad SMARTS) is 1. The maximum atomic E-state index is 12.0. The number of amides is 1. The zero-order valence-electron chi connectivity index (χ0n) is 11.4. The fourth-order valence-corrected chi connectivity index (χ4v) is 2.14. The van der Waals surface area contributed by atoms with Gasteiger partial charge in [0.1, 0.15) is 18.4 Å². The molecule has 2 heterocycles. The second-order valence-electron chi connectivity index (χ2n) is 4.55. The summed E-state index contributed by atoms with van der Waals surface area (Å²) in [7, 11) is 0. The van der Waals surface area contributed by atoms with Crippen molar-refractivity contribution in [3.05, 3.63) is 54.6 Å². The van der Waals surface area contributed by atoms with Crippen LogP contribution in [0, 0.1) is 0 Å². The molecule has 0 spiro atoms. The molecule has 0 aliphatic carbocycles. The van der Waals surface area contributed by atoms with E-state index in [0.29, 0.717) is 5.52 Å². The Bertz CT molecular complexity index is 842. The first-order chi connectivity index (χ1) is 10.7. The molecule has 2 aromatic heterocycles. The Kier molecular flexibility index (Phi) is 3.53. The van der Waals surface area contributed by atoms with E-state index in [0.717, 1.165) is 11.2 Å². The number of carbonyl (C=O) groups excluding carboxylic acids is 1. The first-order valence-corrected chi connectivity index (χ1v) is 6.54. The number of pyridine rings is 1. The highest BCUT2D eigenvalue weighted by Crippen LogP contribution is 2.19. The van der Waals surface area contributed by atoms with Gasteiger partial charge in [0.05, 0.1) is 5.52 Å². The number of hydrogen-bond acceptors (Lipinski definition) is 4. The molecule has 3 rings (SSSR count). The summed E-state index contributed by atoms with van der Waals surface area (Å²) in [5.74, 6) is -1.68. The Morgan fingerprint density at radius 2 is 1.91 bits per heavy atom. The molecule has 0 aliphatic heterocycles. The average Bonchev–Trinajstić information content (AvgIpc) is 2.97. The predicted molar refractivity (Wildman–Crippen MR) is 78.8 cm³/mol. The fraction of sp³-hybridized carbons (Fsp3) is 0.0667. The molecule has 110 valence electrons. The van der Waals surface area contributed by atoms with E-state index in [-0.39, 0.29) is 5.69 Å². The molecular weight excluding hydrogens is 284 g/mol. The van der Waals surface area contributed by atoms with Crippen molar-refractivity contribution < 1.29 is 14.7 Å². The highest BCUT2D eigenvalue weighted by molar-refractivity contribution is 6.03. The Hall–Kier alpha value is -3.22. The third-order valence-electron chi connectivity index (χ3n) is 3.11. The summed E-state index contributed by atoms with van der Waals surface area (Å²) in [6.45, 7) is -0.462. The minimum absolute atomic E-state index is 0.105. The lowest BCUT2D eigenvalue weighted by Crippen LogP contribution is -2.30. The van der Waals surface area contributed by atoms with Gasteiger partial charge in [0.2, 0.25) is 0 Å². The zero-order chi connectivity index (χ0) is 15.5. The fourth-order valence-electron chi connectivity index (χ4n) is 2.14. The monoisotopic (exact) mass is 296 g/mol. The van der Waals surface area contributed by atoms with Gasteiger partial charge in [-0.15, -0.1) is 0 Å². The standard InChI is InChI=1S/C15H12N4O3/c20-12(21)8-17-15(22)14-13-11(6-7-16-14)19(9-18-13)10-4-2-1-3-5-10/h1-7,9H,8H2,(H,17,22)(H,20,21). The lowest BCUT2D eigenvalue weighted by molar-refractivity contribution is -0.135. The van der Waals surface area contributed by atoms with Crippen LogP contribution in [0.3, 0.4) is 0 Å². The highest BCUT2D eigenvalue weighted by Gasteiger charge is 2.16. The number of carboxylic acids is 1. The SMILES string of the molecule is O=C(O)CNC(=O)c1nccc2c1ncn2-c1ccccc1. The molecule has 0 saturated heterocycles. The Balaban J connectivity index is 2.02. The van der Waals surface area contributed by atoms with Crippen LogP contribution in [0.2, 0.25) is 0 Å². The maximum absolute atomic E-state index is 12.0.